The lowest BCUT2D eigenvalue weighted by atomic mass is 10.0. The lowest BCUT2D eigenvalue weighted by Crippen LogP contribution is -2.46. The third-order valence-electron chi connectivity index (χ3n) is 3.56. The molecule has 1 saturated heterocycles. The number of ether oxygens (including phenoxy) is 2. The van der Waals surface area contributed by atoms with E-state index in [-0.39, 0.29) is 25.1 Å². The molecule has 0 radical (unpaired) electrons. The SMILES string of the molecule is COc1ccc(OC)c([C@@H](CO)N2CCNCC2)c1.Cl. The number of aliphatic hydroxyl groups is 1. The minimum Gasteiger partial charge on any atom is -0.497 e. The van der Waals surface area contributed by atoms with Crippen molar-refractivity contribution in [3.05, 3.63) is 23.8 Å². The van der Waals surface area contributed by atoms with Gasteiger partial charge in [-0.25, -0.2) is 0 Å². The van der Waals surface area contributed by atoms with E-state index in [1.54, 1.807) is 14.2 Å². The van der Waals surface area contributed by atoms with Gasteiger partial charge in [0.1, 0.15) is 11.5 Å². The summed E-state index contributed by atoms with van der Waals surface area (Å²) < 4.78 is 10.7. The van der Waals surface area contributed by atoms with E-state index in [4.69, 9.17) is 9.47 Å². The van der Waals surface area contributed by atoms with E-state index in [1.807, 2.05) is 18.2 Å². The topological polar surface area (TPSA) is 54.0 Å². The van der Waals surface area contributed by atoms with Gasteiger partial charge >= 0.3 is 0 Å². The van der Waals surface area contributed by atoms with Crippen molar-refractivity contribution in [2.24, 2.45) is 0 Å². The molecular weight excluding hydrogens is 280 g/mol. The largest absolute Gasteiger partial charge is 0.497 e. The van der Waals surface area contributed by atoms with Crippen molar-refractivity contribution in [2.45, 2.75) is 6.04 Å². The predicted octanol–water partition coefficient (Wildman–Crippen LogP) is 1.06. The Bertz CT molecular complexity index is 411. The van der Waals surface area contributed by atoms with Crippen molar-refractivity contribution < 1.29 is 14.6 Å². The van der Waals surface area contributed by atoms with Gasteiger partial charge in [-0.1, -0.05) is 0 Å². The quantitative estimate of drug-likeness (QED) is 0.852. The molecule has 0 bridgehead atoms. The third kappa shape index (κ3) is 3.76. The number of rotatable bonds is 5. The number of piperazine rings is 1. The fraction of sp³-hybridized carbons (Fsp3) is 0.571. The molecule has 0 spiro atoms. The first-order valence-corrected chi connectivity index (χ1v) is 6.57. The Kier molecular flexibility index (Phi) is 7.09. The van der Waals surface area contributed by atoms with Gasteiger partial charge in [0.25, 0.3) is 0 Å². The van der Waals surface area contributed by atoms with Gasteiger partial charge in [-0.3, -0.25) is 4.90 Å². The summed E-state index contributed by atoms with van der Waals surface area (Å²) in [5, 5.41) is 13.1. The molecule has 1 heterocycles. The number of nitrogens with one attached hydrogen (secondary N) is 1. The van der Waals surface area contributed by atoms with Crippen LogP contribution in [0.3, 0.4) is 0 Å². The van der Waals surface area contributed by atoms with Crippen molar-refractivity contribution in [2.75, 3.05) is 47.0 Å². The van der Waals surface area contributed by atoms with Crippen molar-refractivity contribution in [3.8, 4) is 11.5 Å². The zero-order chi connectivity index (χ0) is 13.7. The molecule has 1 aliphatic heterocycles. The monoisotopic (exact) mass is 302 g/mol. The maximum Gasteiger partial charge on any atom is 0.124 e. The molecule has 1 aromatic rings. The molecule has 1 fully saturated rings. The summed E-state index contributed by atoms with van der Waals surface area (Å²) >= 11 is 0. The van der Waals surface area contributed by atoms with Gasteiger partial charge in [0.15, 0.2) is 0 Å². The van der Waals surface area contributed by atoms with Gasteiger partial charge in [0, 0.05) is 31.7 Å². The van der Waals surface area contributed by atoms with E-state index < -0.39 is 0 Å². The van der Waals surface area contributed by atoms with Crippen molar-refractivity contribution in [1.29, 1.82) is 0 Å². The maximum atomic E-state index is 9.76. The molecule has 0 unspecified atom stereocenters. The van der Waals surface area contributed by atoms with E-state index in [0.29, 0.717) is 0 Å². The van der Waals surface area contributed by atoms with E-state index in [9.17, 15) is 5.11 Å². The first kappa shape index (κ1) is 17.0. The van der Waals surface area contributed by atoms with Crippen LogP contribution < -0.4 is 14.8 Å². The number of nitrogens with zero attached hydrogens (tertiary/aromatic N) is 1. The molecule has 5 nitrogen and oxygen atoms in total. The molecule has 0 saturated carbocycles. The van der Waals surface area contributed by atoms with Gasteiger partial charge in [0.05, 0.1) is 26.9 Å². The van der Waals surface area contributed by atoms with Crippen molar-refractivity contribution in [3.63, 3.8) is 0 Å². The van der Waals surface area contributed by atoms with E-state index in [0.717, 1.165) is 43.2 Å². The molecular formula is C14H23ClN2O3. The van der Waals surface area contributed by atoms with Crippen LogP contribution in [-0.4, -0.2) is 57.0 Å². The van der Waals surface area contributed by atoms with Crippen LogP contribution in [-0.2, 0) is 0 Å². The van der Waals surface area contributed by atoms with Crippen LogP contribution in [0.1, 0.15) is 11.6 Å². The second-order valence-electron chi connectivity index (χ2n) is 4.59. The standard InChI is InChI=1S/C14H22N2O3.ClH/c1-18-11-3-4-14(19-2)12(9-11)13(10-17)16-7-5-15-6-8-16;/h3-4,9,13,15,17H,5-8,10H2,1-2H3;1H/t13-;/m1./s1. The summed E-state index contributed by atoms with van der Waals surface area (Å²) in [5.41, 5.74) is 0.978. The lowest BCUT2D eigenvalue weighted by molar-refractivity contribution is 0.108. The number of benzene rings is 1. The number of aliphatic hydroxyl groups excluding tert-OH is 1. The molecule has 2 rings (SSSR count). The van der Waals surface area contributed by atoms with E-state index in [1.165, 1.54) is 0 Å². The molecule has 0 aliphatic carbocycles. The zero-order valence-corrected chi connectivity index (χ0v) is 12.8. The van der Waals surface area contributed by atoms with Gasteiger partial charge in [-0.05, 0) is 18.2 Å². The molecule has 114 valence electrons. The maximum absolute atomic E-state index is 9.76. The molecule has 0 aromatic heterocycles. The van der Waals surface area contributed by atoms with E-state index >= 15 is 0 Å². The Labute approximate surface area is 126 Å². The first-order chi connectivity index (χ1) is 9.30. The van der Waals surface area contributed by atoms with Gasteiger partial charge in [0.2, 0.25) is 0 Å². The van der Waals surface area contributed by atoms with Crippen LogP contribution in [0.5, 0.6) is 11.5 Å². The Hall–Kier alpha value is -1.01. The molecule has 0 amide bonds. The minimum atomic E-state index is -0.0489. The second kappa shape index (κ2) is 8.32. The molecule has 6 heteroatoms. The summed E-state index contributed by atoms with van der Waals surface area (Å²) in [6, 6.07) is 5.65. The highest BCUT2D eigenvalue weighted by molar-refractivity contribution is 5.85. The Morgan fingerprint density at radius 3 is 2.50 bits per heavy atom. The minimum absolute atomic E-state index is 0. The summed E-state index contributed by atoms with van der Waals surface area (Å²) in [4.78, 5) is 2.27. The van der Waals surface area contributed by atoms with Crippen LogP contribution in [0, 0.1) is 0 Å². The van der Waals surface area contributed by atoms with Crippen LogP contribution in [0.4, 0.5) is 0 Å². The number of hydrogen-bond donors (Lipinski definition) is 2. The molecule has 2 N–H and O–H groups in total. The number of hydrogen-bond acceptors (Lipinski definition) is 5. The van der Waals surface area contributed by atoms with Gasteiger partial charge < -0.3 is 19.9 Å². The Morgan fingerprint density at radius 1 is 1.25 bits per heavy atom. The summed E-state index contributed by atoms with van der Waals surface area (Å²) in [6.45, 7) is 3.81. The van der Waals surface area contributed by atoms with Crippen molar-refractivity contribution in [1.82, 2.24) is 10.2 Å². The van der Waals surface area contributed by atoms with Gasteiger partial charge in [-0.2, -0.15) is 0 Å². The summed E-state index contributed by atoms with van der Waals surface area (Å²) in [7, 11) is 3.29. The van der Waals surface area contributed by atoms with Crippen molar-refractivity contribution >= 4 is 12.4 Å². The Balaban J connectivity index is 0.00000200. The molecule has 20 heavy (non-hydrogen) atoms. The predicted molar refractivity (Wildman–Crippen MR) is 81.1 cm³/mol. The Morgan fingerprint density at radius 2 is 1.95 bits per heavy atom. The second-order valence-corrected chi connectivity index (χ2v) is 4.59. The average Bonchev–Trinajstić information content (AvgIpc) is 2.49. The fourth-order valence-corrected chi connectivity index (χ4v) is 2.50. The number of halogens is 1. The number of methoxy groups -OCH3 is 2. The lowest BCUT2D eigenvalue weighted by Gasteiger charge is -2.34. The summed E-state index contributed by atoms with van der Waals surface area (Å²) in [5.74, 6) is 1.57. The van der Waals surface area contributed by atoms with Crippen LogP contribution in [0.25, 0.3) is 0 Å². The first-order valence-electron chi connectivity index (χ1n) is 6.57. The van der Waals surface area contributed by atoms with E-state index in [2.05, 4.69) is 10.2 Å². The molecule has 1 aliphatic rings. The zero-order valence-electron chi connectivity index (χ0n) is 12.0. The highest BCUT2D eigenvalue weighted by atomic mass is 35.5. The summed E-state index contributed by atoms with van der Waals surface area (Å²) in [6.07, 6.45) is 0. The fourth-order valence-electron chi connectivity index (χ4n) is 2.50. The average molecular weight is 303 g/mol. The van der Waals surface area contributed by atoms with Crippen LogP contribution in [0.2, 0.25) is 0 Å². The smallest absolute Gasteiger partial charge is 0.124 e. The van der Waals surface area contributed by atoms with Crippen LogP contribution in [0.15, 0.2) is 18.2 Å². The molecule has 1 aromatic carbocycles. The highest BCUT2D eigenvalue weighted by Crippen LogP contribution is 2.32. The highest BCUT2D eigenvalue weighted by Gasteiger charge is 2.24. The van der Waals surface area contributed by atoms with Crippen LogP contribution >= 0.6 is 12.4 Å². The van der Waals surface area contributed by atoms with Gasteiger partial charge in [-0.15, -0.1) is 12.4 Å². The normalized spacial score (nSPS) is 17.1. The molecule has 1 atom stereocenters. The third-order valence-corrected chi connectivity index (χ3v) is 3.56.